The van der Waals surface area contributed by atoms with Crippen LogP contribution in [0.2, 0.25) is 0 Å². The first-order valence-electron chi connectivity index (χ1n) is 7.32. The summed E-state index contributed by atoms with van der Waals surface area (Å²) in [5.41, 5.74) is 2.16. The summed E-state index contributed by atoms with van der Waals surface area (Å²) < 4.78 is 0. The Morgan fingerprint density at radius 2 is 2.00 bits per heavy atom. The Balaban J connectivity index is 1.84. The Morgan fingerprint density at radius 3 is 2.58 bits per heavy atom. The van der Waals surface area contributed by atoms with Crippen LogP contribution in [0.25, 0.3) is 0 Å². The van der Waals surface area contributed by atoms with Gasteiger partial charge in [-0.15, -0.1) is 0 Å². The number of hydrogen-bond acceptors (Lipinski definition) is 2. The smallest absolute Gasteiger partial charge is 0.224 e. The lowest BCUT2D eigenvalue weighted by molar-refractivity contribution is -0.116. The molecule has 0 bridgehead atoms. The molecule has 19 heavy (non-hydrogen) atoms. The molecule has 1 aromatic rings. The third kappa shape index (κ3) is 4.67. The summed E-state index contributed by atoms with van der Waals surface area (Å²) in [4.78, 5) is 11.7. The van der Waals surface area contributed by atoms with Gasteiger partial charge >= 0.3 is 0 Å². The van der Waals surface area contributed by atoms with E-state index in [2.05, 4.69) is 36.6 Å². The van der Waals surface area contributed by atoms with Gasteiger partial charge in [-0.05, 0) is 56.3 Å². The summed E-state index contributed by atoms with van der Waals surface area (Å²) in [5.74, 6) is 0.782. The summed E-state index contributed by atoms with van der Waals surface area (Å²) in [5, 5.41) is 6.42. The van der Waals surface area contributed by atoms with Gasteiger partial charge in [0.1, 0.15) is 0 Å². The lowest BCUT2D eigenvalue weighted by Gasteiger charge is -2.14. The quantitative estimate of drug-likeness (QED) is 0.788. The van der Waals surface area contributed by atoms with E-state index in [1.165, 1.54) is 18.4 Å². The van der Waals surface area contributed by atoms with Crippen molar-refractivity contribution in [3.8, 4) is 0 Å². The van der Waals surface area contributed by atoms with Crippen molar-refractivity contribution < 1.29 is 4.79 Å². The van der Waals surface area contributed by atoms with Gasteiger partial charge in [-0.1, -0.05) is 19.1 Å². The molecule has 0 spiro atoms. The minimum atomic E-state index is 0.146. The van der Waals surface area contributed by atoms with Gasteiger partial charge in [0, 0.05) is 18.2 Å². The highest BCUT2D eigenvalue weighted by molar-refractivity contribution is 5.91. The van der Waals surface area contributed by atoms with E-state index in [4.69, 9.17) is 0 Å². The standard InChI is InChI=1S/C16H24N2O/c1-3-10-17-12(2)14-6-8-15(9-7-14)18-16(19)11-13-4-5-13/h6-9,12-13,17H,3-5,10-11H2,1-2H3,(H,18,19). The SMILES string of the molecule is CCCNC(C)c1ccc(NC(=O)CC2CC2)cc1. The number of nitrogens with one attached hydrogen (secondary N) is 2. The van der Waals surface area contributed by atoms with Crippen molar-refractivity contribution >= 4 is 11.6 Å². The van der Waals surface area contributed by atoms with Crippen molar-refractivity contribution in [1.29, 1.82) is 0 Å². The molecule has 0 saturated heterocycles. The summed E-state index contributed by atoms with van der Waals surface area (Å²) >= 11 is 0. The fourth-order valence-corrected chi connectivity index (χ4v) is 2.13. The summed E-state index contributed by atoms with van der Waals surface area (Å²) in [6.45, 7) is 5.36. The minimum absolute atomic E-state index is 0.146. The lowest BCUT2D eigenvalue weighted by Crippen LogP contribution is -2.19. The number of rotatable bonds is 7. The van der Waals surface area contributed by atoms with Gasteiger partial charge in [0.15, 0.2) is 0 Å². The number of carbonyl (C=O) groups is 1. The maximum absolute atomic E-state index is 11.7. The molecule has 1 aliphatic carbocycles. The van der Waals surface area contributed by atoms with Crippen LogP contribution in [0.15, 0.2) is 24.3 Å². The first-order valence-corrected chi connectivity index (χ1v) is 7.32. The van der Waals surface area contributed by atoms with Crippen molar-refractivity contribution in [1.82, 2.24) is 5.32 Å². The second kappa shape index (κ2) is 6.71. The second-order valence-corrected chi connectivity index (χ2v) is 5.49. The van der Waals surface area contributed by atoms with Crippen LogP contribution < -0.4 is 10.6 Å². The molecule has 3 nitrogen and oxygen atoms in total. The molecule has 0 aromatic heterocycles. The Labute approximate surface area is 115 Å². The number of anilines is 1. The normalized spacial score (nSPS) is 16.1. The molecule has 3 heteroatoms. The topological polar surface area (TPSA) is 41.1 Å². The molecule has 1 amide bonds. The van der Waals surface area contributed by atoms with Gasteiger partial charge in [0.2, 0.25) is 5.91 Å². The number of hydrogen-bond donors (Lipinski definition) is 2. The van der Waals surface area contributed by atoms with Gasteiger partial charge < -0.3 is 10.6 Å². The molecule has 1 saturated carbocycles. The molecule has 2 rings (SSSR count). The average Bonchev–Trinajstić information content (AvgIpc) is 3.20. The van der Waals surface area contributed by atoms with E-state index in [1.54, 1.807) is 0 Å². The fraction of sp³-hybridized carbons (Fsp3) is 0.562. The third-order valence-electron chi connectivity index (χ3n) is 3.57. The third-order valence-corrected chi connectivity index (χ3v) is 3.57. The zero-order chi connectivity index (χ0) is 13.7. The van der Waals surface area contributed by atoms with Crippen molar-refractivity contribution in [2.75, 3.05) is 11.9 Å². The van der Waals surface area contributed by atoms with Crippen LogP contribution in [-0.4, -0.2) is 12.5 Å². The molecule has 1 aromatic carbocycles. The van der Waals surface area contributed by atoms with Crippen molar-refractivity contribution in [3.63, 3.8) is 0 Å². The van der Waals surface area contributed by atoms with Crippen LogP contribution in [0.3, 0.4) is 0 Å². The zero-order valence-corrected chi connectivity index (χ0v) is 11.9. The Hall–Kier alpha value is -1.35. The van der Waals surface area contributed by atoms with E-state index >= 15 is 0 Å². The van der Waals surface area contributed by atoms with Gasteiger partial charge in [-0.3, -0.25) is 4.79 Å². The zero-order valence-electron chi connectivity index (χ0n) is 11.9. The van der Waals surface area contributed by atoms with E-state index in [0.717, 1.165) is 18.7 Å². The fourth-order valence-electron chi connectivity index (χ4n) is 2.13. The highest BCUT2D eigenvalue weighted by atomic mass is 16.1. The first kappa shape index (κ1) is 14.1. The molecule has 0 heterocycles. The maximum Gasteiger partial charge on any atom is 0.224 e. The van der Waals surface area contributed by atoms with Crippen LogP contribution in [-0.2, 0) is 4.79 Å². The molecule has 1 atom stereocenters. The summed E-state index contributed by atoms with van der Waals surface area (Å²) in [6.07, 6.45) is 4.25. The van der Waals surface area contributed by atoms with E-state index in [0.29, 0.717) is 18.4 Å². The van der Waals surface area contributed by atoms with Crippen LogP contribution in [0, 0.1) is 5.92 Å². The second-order valence-electron chi connectivity index (χ2n) is 5.49. The largest absolute Gasteiger partial charge is 0.326 e. The van der Waals surface area contributed by atoms with Gasteiger partial charge in [-0.25, -0.2) is 0 Å². The van der Waals surface area contributed by atoms with Crippen LogP contribution >= 0.6 is 0 Å². The van der Waals surface area contributed by atoms with E-state index in [9.17, 15) is 4.79 Å². The van der Waals surface area contributed by atoms with Gasteiger partial charge in [-0.2, -0.15) is 0 Å². The predicted molar refractivity (Wildman–Crippen MR) is 79.1 cm³/mol. The molecule has 2 N–H and O–H groups in total. The number of amides is 1. The maximum atomic E-state index is 11.7. The lowest BCUT2D eigenvalue weighted by atomic mass is 10.1. The molecule has 1 aliphatic rings. The molecular weight excluding hydrogens is 236 g/mol. The van der Waals surface area contributed by atoms with Crippen LogP contribution in [0.1, 0.15) is 51.1 Å². The highest BCUT2D eigenvalue weighted by Gasteiger charge is 2.24. The van der Waals surface area contributed by atoms with E-state index in [1.807, 2.05) is 12.1 Å². The Bertz CT molecular complexity index is 409. The van der Waals surface area contributed by atoms with E-state index in [-0.39, 0.29) is 5.91 Å². The summed E-state index contributed by atoms with van der Waals surface area (Å²) in [7, 11) is 0. The molecule has 0 aliphatic heterocycles. The predicted octanol–water partition coefficient (Wildman–Crippen LogP) is 3.49. The molecule has 1 unspecified atom stereocenters. The molecular formula is C16H24N2O. The monoisotopic (exact) mass is 260 g/mol. The van der Waals surface area contributed by atoms with Crippen molar-refractivity contribution in [2.24, 2.45) is 5.92 Å². The highest BCUT2D eigenvalue weighted by Crippen LogP contribution is 2.32. The van der Waals surface area contributed by atoms with Gasteiger partial charge in [0.25, 0.3) is 0 Å². The number of benzene rings is 1. The summed E-state index contributed by atoms with van der Waals surface area (Å²) in [6, 6.07) is 8.51. The van der Waals surface area contributed by atoms with Crippen LogP contribution in [0.4, 0.5) is 5.69 Å². The van der Waals surface area contributed by atoms with Crippen LogP contribution in [0.5, 0.6) is 0 Å². The average molecular weight is 260 g/mol. The van der Waals surface area contributed by atoms with Crippen molar-refractivity contribution in [3.05, 3.63) is 29.8 Å². The molecule has 1 fully saturated rings. The Morgan fingerprint density at radius 1 is 1.32 bits per heavy atom. The Kier molecular flexibility index (Phi) is 4.97. The van der Waals surface area contributed by atoms with Crippen molar-refractivity contribution in [2.45, 2.75) is 45.6 Å². The minimum Gasteiger partial charge on any atom is -0.326 e. The molecule has 0 radical (unpaired) electrons. The molecule has 104 valence electrons. The van der Waals surface area contributed by atoms with Gasteiger partial charge in [0.05, 0.1) is 0 Å². The van der Waals surface area contributed by atoms with E-state index < -0.39 is 0 Å². The number of carbonyl (C=O) groups excluding carboxylic acids is 1. The first-order chi connectivity index (χ1) is 9.19.